The zero-order chi connectivity index (χ0) is 16.5. The number of benzene rings is 1. The van der Waals surface area contributed by atoms with Gasteiger partial charge in [0.1, 0.15) is 0 Å². The zero-order valence-electron chi connectivity index (χ0n) is 13.3. The minimum atomic E-state index is -0.287. The fourth-order valence-corrected chi connectivity index (χ4v) is 2.52. The van der Waals surface area contributed by atoms with E-state index in [1.165, 1.54) is 4.90 Å². The molecule has 1 aliphatic carbocycles. The highest BCUT2D eigenvalue weighted by molar-refractivity contribution is 5.89. The van der Waals surface area contributed by atoms with Gasteiger partial charge in [0.25, 0.3) is 0 Å². The van der Waals surface area contributed by atoms with Crippen LogP contribution in [0.4, 0.5) is 0 Å². The van der Waals surface area contributed by atoms with Crippen LogP contribution in [0.5, 0.6) is 0 Å². The lowest BCUT2D eigenvalue weighted by molar-refractivity contribution is 0.0734. The van der Waals surface area contributed by atoms with E-state index in [-0.39, 0.29) is 11.8 Å². The second-order valence-corrected chi connectivity index (χ2v) is 6.04. The summed E-state index contributed by atoms with van der Waals surface area (Å²) in [4.78, 5) is 18.1. The van der Waals surface area contributed by atoms with E-state index in [0.717, 1.165) is 29.8 Å². The summed E-state index contributed by atoms with van der Waals surface area (Å²) < 4.78 is 5.08. The van der Waals surface area contributed by atoms with E-state index in [1.54, 1.807) is 7.05 Å². The SMILES string of the molecule is CN(Cc1cc(-c2ccccc2)n[nH]1)C(=O)c1nc(C2CC2)no1. The number of aromatic amines is 1. The maximum atomic E-state index is 12.4. The number of hydrogen-bond donors (Lipinski definition) is 1. The highest BCUT2D eigenvalue weighted by Crippen LogP contribution is 2.38. The lowest BCUT2D eigenvalue weighted by Gasteiger charge is -2.12. The van der Waals surface area contributed by atoms with Gasteiger partial charge in [0.2, 0.25) is 0 Å². The van der Waals surface area contributed by atoms with E-state index in [0.29, 0.717) is 18.3 Å². The van der Waals surface area contributed by atoms with Crippen molar-refractivity contribution in [3.8, 4) is 11.3 Å². The smallest absolute Gasteiger partial charge is 0.316 e. The third kappa shape index (κ3) is 2.92. The van der Waals surface area contributed by atoms with Crippen LogP contribution in [0.25, 0.3) is 11.3 Å². The Labute approximate surface area is 138 Å². The molecule has 0 spiro atoms. The van der Waals surface area contributed by atoms with Gasteiger partial charge in [0.15, 0.2) is 5.82 Å². The van der Waals surface area contributed by atoms with Gasteiger partial charge >= 0.3 is 11.8 Å². The fourth-order valence-electron chi connectivity index (χ4n) is 2.52. The number of carbonyl (C=O) groups is 1. The Hall–Kier alpha value is -2.96. The van der Waals surface area contributed by atoms with Gasteiger partial charge in [-0.2, -0.15) is 10.1 Å². The lowest BCUT2D eigenvalue weighted by atomic mass is 10.1. The maximum absolute atomic E-state index is 12.4. The number of nitrogens with zero attached hydrogens (tertiary/aromatic N) is 4. The highest BCUT2D eigenvalue weighted by atomic mass is 16.5. The Morgan fingerprint density at radius 3 is 2.88 bits per heavy atom. The van der Waals surface area contributed by atoms with Crippen LogP contribution < -0.4 is 0 Å². The molecule has 1 saturated carbocycles. The van der Waals surface area contributed by atoms with Gasteiger partial charge in [-0.3, -0.25) is 9.89 Å². The first-order valence-electron chi connectivity index (χ1n) is 7.89. The summed E-state index contributed by atoms with van der Waals surface area (Å²) in [6.07, 6.45) is 2.14. The standard InChI is InChI=1S/C17H17N5O2/c1-22(17(23)16-18-15(21-24-16)12-7-8-12)10-13-9-14(20-19-13)11-5-3-2-4-6-11/h2-6,9,12H,7-8,10H2,1H3,(H,19,20). The second kappa shape index (κ2) is 5.92. The van der Waals surface area contributed by atoms with E-state index in [2.05, 4.69) is 20.3 Å². The molecule has 7 nitrogen and oxygen atoms in total. The number of rotatable bonds is 5. The van der Waals surface area contributed by atoms with Gasteiger partial charge in [-0.05, 0) is 18.9 Å². The molecule has 1 N–H and O–H groups in total. The average Bonchev–Trinajstić information content (AvgIpc) is 3.16. The summed E-state index contributed by atoms with van der Waals surface area (Å²) in [5.41, 5.74) is 2.71. The molecule has 7 heteroatoms. The summed E-state index contributed by atoms with van der Waals surface area (Å²) in [6, 6.07) is 11.8. The fraction of sp³-hybridized carbons (Fsp3) is 0.294. The van der Waals surface area contributed by atoms with Crippen LogP contribution in [0.15, 0.2) is 40.9 Å². The Balaban J connectivity index is 1.44. The number of nitrogens with one attached hydrogen (secondary N) is 1. The molecule has 0 bridgehead atoms. The molecule has 0 atom stereocenters. The predicted molar refractivity (Wildman–Crippen MR) is 86.1 cm³/mol. The van der Waals surface area contributed by atoms with Crippen molar-refractivity contribution >= 4 is 5.91 Å². The molecule has 24 heavy (non-hydrogen) atoms. The quantitative estimate of drug-likeness (QED) is 0.780. The third-order valence-electron chi connectivity index (χ3n) is 4.02. The molecule has 0 unspecified atom stereocenters. The van der Waals surface area contributed by atoms with E-state index in [1.807, 2.05) is 36.4 Å². The van der Waals surface area contributed by atoms with Crippen LogP contribution >= 0.6 is 0 Å². The molecule has 1 amide bonds. The Morgan fingerprint density at radius 2 is 2.12 bits per heavy atom. The molecule has 1 fully saturated rings. The van der Waals surface area contributed by atoms with Crippen molar-refractivity contribution < 1.29 is 9.32 Å². The molecule has 2 aromatic heterocycles. The molecule has 3 aromatic rings. The van der Waals surface area contributed by atoms with Crippen molar-refractivity contribution in [2.45, 2.75) is 25.3 Å². The molecule has 0 saturated heterocycles. The van der Waals surface area contributed by atoms with Gasteiger partial charge in [-0.15, -0.1) is 0 Å². The van der Waals surface area contributed by atoms with Crippen LogP contribution in [0.1, 0.15) is 41.0 Å². The number of aromatic nitrogens is 4. The van der Waals surface area contributed by atoms with E-state index < -0.39 is 0 Å². The van der Waals surface area contributed by atoms with Gasteiger partial charge in [0, 0.05) is 18.5 Å². The number of hydrogen-bond acceptors (Lipinski definition) is 5. The largest absolute Gasteiger partial charge is 0.332 e. The van der Waals surface area contributed by atoms with E-state index in [4.69, 9.17) is 4.52 Å². The monoisotopic (exact) mass is 323 g/mol. The first-order valence-corrected chi connectivity index (χ1v) is 7.89. The molecule has 0 radical (unpaired) electrons. The van der Waals surface area contributed by atoms with Crippen LogP contribution in [-0.2, 0) is 6.54 Å². The third-order valence-corrected chi connectivity index (χ3v) is 4.02. The Bertz CT molecular complexity index is 851. The van der Waals surface area contributed by atoms with Crippen LogP contribution in [0.3, 0.4) is 0 Å². The van der Waals surface area contributed by atoms with Crippen molar-refractivity contribution in [3.63, 3.8) is 0 Å². The molecule has 1 aliphatic rings. The minimum Gasteiger partial charge on any atom is -0.332 e. The number of H-pyrrole nitrogens is 1. The normalized spacial score (nSPS) is 13.9. The molecule has 2 heterocycles. The highest BCUT2D eigenvalue weighted by Gasteiger charge is 2.30. The summed E-state index contributed by atoms with van der Waals surface area (Å²) in [6.45, 7) is 0.389. The summed E-state index contributed by atoms with van der Waals surface area (Å²) in [5.74, 6) is 0.758. The molecular weight excluding hydrogens is 306 g/mol. The molecule has 4 rings (SSSR count). The second-order valence-electron chi connectivity index (χ2n) is 6.04. The van der Waals surface area contributed by atoms with Crippen molar-refractivity contribution in [1.29, 1.82) is 0 Å². The summed E-state index contributed by atoms with van der Waals surface area (Å²) in [5, 5.41) is 11.1. The van der Waals surface area contributed by atoms with Crippen molar-refractivity contribution in [2.75, 3.05) is 7.05 Å². The van der Waals surface area contributed by atoms with Gasteiger partial charge < -0.3 is 9.42 Å². The first-order chi connectivity index (χ1) is 11.7. The van der Waals surface area contributed by atoms with Crippen molar-refractivity contribution in [2.24, 2.45) is 0 Å². The van der Waals surface area contributed by atoms with Gasteiger partial charge in [-0.25, -0.2) is 0 Å². The first kappa shape index (κ1) is 14.6. The minimum absolute atomic E-state index is 0.0437. The maximum Gasteiger partial charge on any atom is 0.316 e. The molecule has 0 aliphatic heterocycles. The predicted octanol–water partition coefficient (Wildman–Crippen LogP) is 2.61. The van der Waals surface area contributed by atoms with Crippen molar-refractivity contribution in [1.82, 2.24) is 25.2 Å². The molecule has 122 valence electrons. The summed E-state index contributed by atoms with van der Waals surface area (Å²) in [7, 11) is 1.70. The number of carbonyl (C=O) groups excluding carboxylic acids is 1. The van der Waals surface area contributed by atoms with E-state index >= 15 is 0 Å². The average molecular weight is 323 g/mol. The van der Waals surface area contributed by atoms with Crippen LogP contribution in [0, 0.1) is 0 Å². The number of amides is 1. The van der Waals surface area contributed by atoms with E-state index in [9.17, 15) is 4.79 Å². The van der Waals surface area contributed by atoms with Crippen LogP contribution in [0.2, 0.25) is 0 Å². The zero-order valence-corrected chi connectivity index (χ0v) is 13.3. The van der Waals surface area contributed by atoms with Crippen LogP contribution in [-0.4, -0.2) is 38.2 Å². The van der Waals surface area contributed by atoms with Gasteiger partial charge in [0.05, 0.1) is 17.9 Å². The molecule has 1 aromatic carbocycles. The molecular formula is C17H17N5O2. The lowest BCUT2D eigenvalue weighted by Crippen LogP contribution is -2.26. The van der Waals surface area contributed by atoms with Gasteiger partial charge in [-0.1, -0.05) is 35.5 Å². The van der Waals surface area contributed by atoms with Crippen molar-refractivity contribution in [3.05, 3.63) is 53.8 Å². The Morgan fingerprint density at radius 1 is 1.33 bits per heavy atom. The topological polar surface area (TPSA) is 87.9 Å². The summed E-state index contributed by atoms with van der Waals surface area (Å²) >= 11 is 0. The Kier molecular flexibility index (Phi) is 3.60.